The lowest BCUT2D eigenvalue weighted by molar-refractivity contribution is -0.384. The Kier molecular flexibility index (Phi) is 7.85. The number of para-hydroxylation sites is 1. The molecule has 34 heavy (non-hydrogen) atoms. The molecule has 0 bridgehead atoms. The molecule has 3 aromatic carbocycles. The van der Waals surface area contributed by atoms with Crippen molar-refractivity contribution in [3.8, 4) is 17.6 Å². The van der Waals surface area contributed by atoms with Crippen molar-refractivity contribution < 1.29 is 19.2 Å². The van der Waals surface area contributed by atoms with Gasteiger partial charge >= 0.3 is 0 Å². The van der Waals surface area contributed by atoms with Crippen molar-refractivity contribution >= 4 is 35.0 Å². The zero-order valence-electron chi connectivity index (χ0n) is 18.4. The molecule has 0 unspecified atom stereocenters. The molecule has 3 aromatic rings. The quantitative estimate of drug-likeness (QED) is 0.193. The molecule has 0 aromatic heterocycles. The average Bonchev–Trinajstić information content (AvgIpc) is 2.82. The third kappa shape index (κ3) is 5.91. The maximum atomic E-state index is 12.8. The smallest absolute Gasteiger partial charge is 0.271 e. The van der Waals surface area contributed by atoms with Crippen LogP contribution in [0.5, 0.6) is 11.5 Å². The van der Waals surface area contributed by atoms with Gasteiger partial charge in [-0.25, -0.2) is 0 Å². The summed E-state index contributed by atoms with van der Waals surface area (Å²) in [5.41, 5.74) is 1.74. The zero-order valence-corrected chi connectivity index (χ0v) is 19.1. The Morgan fingerprint density at radius 1 is 1.21 bits per heavy atom. The number of hydrogen-bond acceptors (Lipinski definition) is 6. The summed E-state index contributed by atoms with van der Waals surface area (Å²) >= 11 is 6.04. The van der Waals surface area contributed by atoms with Crippen LogP contribution in [0.3, 0.4) is 0 Å². The lowest BCUT2D eigenvalue weighted by Gasteiger charge is -2.14. The highest BCUT2D eigenvalue weighted by molar-refractivity contribution is 6.30. The number of ether oxygens (including phenoxy) is 2. The minimum Gasteiger partial charge on any atom is -0.493 e. The van der Waals surface area contributed by atoms with Gasteiger partial charge in [0.2, 0.25) is 0 Å². The SMILES string of the molecule is COc1cccc(/C=C(\C#N)C(=O)Nc2cc([N+](=O)[O-])ccc2C)c1OCc1cccc(Cl)c1. The number of nitro groups is 1. The van der Waals surface area contributed by atoms with Gasteiger partial charge in [-0.3, -0.25) is 14.9 Å². The van der Waals surface area contributed by atoms with Crippen LogP contribution in [0.2, 0.25) is 5.02 Å². The fraction of sp³-hybridized carbons (Fsp3) is 0.120. The van der Waals surface area contributed by atoms with Crippen LogP contribution in [-0.2, 0) is 11.4 Å². The second-order valence-corrected chi connectivity index (χ2v) is 7.61. The van der Waals surface area contributed by atoms with E-state index < -0.39 is 10.8 Å². The second kappa shape index (κ2) is 11.0. The van der Waals surface area contributed by atoms with Gasteiger partial charge in [-0.2, -0.15) is 5.26 Å². The zero-order chi connectivity index (χ0) is 24.7. The molecule has 172 valence electrons. The number of rotatable bonds is 8. The van der Waals surface area contributed by atoms with Crippen molar-refractivity contribution in [1.82, 2.24) is 0 Å². The monoisotopic (exact) mass is 477 g/mol. The van der Waals surface area contributed by atoms with E-state index in [0.717, 1.165) is 5.56 Å². The molecule has 0 radical (unpaired) electrons. The third-order valence-corrected chi connectivity index (χ3v) is 5.08. The Morgan fingerprint density at radius 2 is 1.97 bits per heavy atom. The van der Waals surface area contributed by atoms with E-state index in [9.17, 15) is 20.2 Å². The lowest BCUT2D eigenvalue weighted by Crippen LogP contribution is -2.14. The minimum atomic E-state index is -0.713. The van der Waals surface area contributed by atoms with Gasteiger partial charge in [0, 0.05) is 22.7 Å². The first kappa shape index (κ1) is 24.3. The summed E-state index contributed by atoms with van der Waals surface area (Å²) in [6, 6.07) is 18.2. The van der Waals surface area contributed by atoms with Crippen LogP contribution in [0.1, 0.15) is 16.7 Å². The first-order valence-electron chi connectivity index (χ1n) is 10.0. The van der Waals surface area contributed by atoms with Gasteiger partial charge in [-0.1, -0.05) is 41.9 Å². The van der Waals surface area contributed by atoms with Crippen molar-refractivity contribution in [3.63, 3.8) is 0 Å². The number of hydrogen-bond donors (Lipinski definition) is 1. The Morgan fingerprint density at radius 3 is 2.65 bits per heavy atom. The summed E-state index contributed by atoms with van der Waals surface area (Å²) in [5, 5.41) is 23.8. The van der Waals surface area contributed by atoms with E-state index in [4.69, 9.17) is 21.1 Å². The van der Waals surface area contributed by atoms with Crippen molar-refractivity contribution in [2.75, 3.05) is 12.4 Å². The van der Waals surface area contributed by atoms with Crippen molar-refractivity contribution in [1.29, 1.82) is 5.26 Å². The molecule has 0 fully saturated rings. The Bertz CT molecular complexity index is 1310. The largest absolute Gasteiger partial charge is 0.493 e. The van der Waals surface area contributed by atoms with Crippen molar-refractivity contribution in [2.45, 2.75) is 13.5 Å². The molecule has 1 amide bonds. The highest BCUT2D eigenvalue weighted by Crippen LogP contribution is 2.33. The van der Waals surface area contributed by atoms with Crippen LogP contribution in [-0.4, -0.2) is 17.9 Å². The van der Waals surface area contributed by atoms with Gasteiger partial charge in [0.05, 0.1) is 17.7 Å². The number of carbonyl (C=O) groups is 1. The van der Waals surface area contributed by atoms with Gasteiger partial charge in [0.15, 0.2) is 11.5 Å². The average molecular weight is 478 g/mol. The molecule has 0 saturated heterocycles. The fourth-order valence-corrected chi connectivity index (χ4v) is 3.31. The maximum absolute atomic E-state index is 12.8. The van der Waals surface area contributed by atoms with Gasteiger partial charge in [0.25, 0.3) is 11.6 Å². The predicted molar refractivity (Wildman–Crippen MR) is 129 cm³/mol. The van der Waals surface area contributed by atoms with Crippen LogP contribution in [0.4, 0.5) is 11.4 Å². The number of non-ortho nitro benzene ring substituents is 1. The molecule has 0 spiro atoms. The molecule has 0 atom stereocenters. The highest BCUT2D eigenvalue weighted by Gasteiger charge is 2.17. The summed E-state index contributed by atoms with van der Waals surface area (Å²) < 4.78 is 11.4. The second-order valence-electron chi connectivity index (χ2n) is 7.18. The molecule has 3 rings (SSSR count). The molecule has 0 aliphatic rings. The van der Waals surface area contributed by atoms with Gasteiger partial charge in [-0.15, -0.1) is 0 Å². The molecule has 8 nitrogen and oxygen atoms in total. The van der Waals surface area contributed by atoms with Crippen LogP contribution >= 0.6 is 11.6 Å². The number of anilines is 1. The fourth-order valence-electron chi connectivity index (χ4n) is 3.10. The molecule has 0 aliphatic heterocycles. The lowest BCUT2D eigenvalue weighted by atomic mass is 10.1. The van der Waals surface area contributed by atoms with Gasteiger partial charge < -0.3 is 14.8 Å². The molecule has 9 heteroatoms. The number of methoxy groups -OCH3 is 1. The van der Waals surface area contributed by atoms with E-state index in [1.165, 1.54) is 31.4 Å². The number of nitro benzene ring substituents is 1. The molecular weight excluding hydrogens is 458 g/mol. The number of halogens is 1. The Labute approximate surface area is 201 Å². The molecule has 0 heterocycles. The Balaban J connectivity index is 1.91. The van der Waals surface area contributed by atoms with E-state index >= 15 is 0 Å². The summed E-state index contributed by atoms with van der Waals surface area (Å²) in [6.07, 6.45) is 1.37. The number of aryl methyl sites for hydroxylation is 1. The summed E-state index contributed by atoms with van der Waals surface area (Å²) in [4.78, 5) is 23.3. The standard InChI is InChI=1S/C25H20ClN3O5/c1-16-9-10-21(29(31)32)13-22(16)28-25(30)19(14-27)12-18-6-4-8-23(33-2)24(18)34-15-17-5-3-7-20(26)11-17/h3-13H,15H2,1-2H3,(H,28,30)/b19-12+. The first-order valence-corrected chi connectivity index (χ1v) is 10.4. The van der Waals surface area contributed by atoms with E-state index in [-0.39, 0.29) is 23.6 Å². The molecular formula is C25H20ClN3O5. The van der Waals surface area contributed by atoms with Crippen LogP contribution in [0, 0.1) is 28.4 Å². The van der Waals surface area contributed by atoms with E-state index in [0.29, 0.717) is 27.6 Å². The van der Waals surface area contributed by atoms with Crippen LogP contribution < -0.4 is 14.8 Å². The first-order chi connectivity index (χ1) is 16.3. The number of benzene rings is 3. The van der Waals surface area contributed by atoms with Crippen LogP contribution in [0.15, 0.2) is 66.2 Å². The minimum absolute atomic E-state index is 0.173. The summed E-state index contributed by atoms with van der Waals surface area (Å²) in [7, 11) is 1.48. The molecule has 0 aliphatic carbocycles. The summed E-state index contributed by atoms with van der Waals surface area (Å²) in [6.45, 7) is 1.88. The number of carbonyl (C=O) groups excluding carboxylic acids is 1. The van der Waals surface area contributed by atoms with E-state index in [1.807, 2.05) is 12.1 Å². The maximum Gasteiger partial charge on any atom is 0.271 e. The van der Waals surface area contributed by atoms with E-state index in [2.05, 4.69) is 5.32 Å². The number of nitrogens with one attached hydrogen (secondary N) is 1. The topological polar surface area (TPSA) is 114 Å². The molecule has 0 saturated carbocycles. The number of nitriles is 1. The highest BCUT2D eigenvalue weighted by atomic mass is 35.5. The van der Waals surface area contributed by atoms with E-state index in [1.54, 1.807) is 43.3 Å². The van der Waals surface area contributed by atoms with Gasteiger partial charge in [0.1, 0.15) is 18.2 Å². The predicted octanol–water partition coefficient (Wildman–Crippen LogP) is 5.69. The van der Waals surface area contributed by atoms with Crippen LogP contribution in [0.25, 0.3) is 6.08 Å². The van der Waals surface area contributed by atoms with Gasteiger partial charge in [-0.05, 0) is 42.3 Å². The normalized spacial score (nSPS) is 10.8. The Hall–Kier alpha value is -4.35. The van der Waals surface area contributed by atoms with Crippen molar-refractivity contribution in [3.05, 3.63) is 98.1 Å². The number of nitrogens with zero attached hydrogens (tertiary/aromatic N) is 2. The molecule has 1 N–H and O–H groups in total. The van der Waals surface area contributed by atoms with Crippen molar-refractivity contribution in [2.24, 2.45) is 0 Å². The summed E-state index contributed by atoms with van der Waals surface area (Å²) in [5.74, 6) is 0.0507. The third-order valence-electron chi connectivity index (χ3n) is 4.85. The number of amides is 1.